The zero-order chi connectivity index (χ0) is 26.6. The van der Waals surface area contributed by atoms with Gasteiger partial charge in [-0.1, -0.05) is 18.2 Å². The van der Waals surface area contributed by atoms with Crippen LogP contribution in [-0.4, -0.2) is 45.4 Å². The van der Waals surface area contributed by atoms with Gasteiger partial charge in [0, 0.05) is 5.56 Å². The van der Waals surface area contributed by atoms with E-state index in [9.17, 15) is 18.0 Å². The quantitative estimate of drug-likeness (QED) is 0.320. The number of ether oxygens (including phenoxy) is 2. The van der Waals surface area contributed by atoms with Crippen molar-refractivity contribution in [1.82, 2.24) is 5.32 Å². The summed E-state index contributed by atoms with van der Waals surface area (Å²) >= 11 is 0. The molecule has 1 atom stereocenters. The summed E-state index contributed by atoms with van der Waals surface area (Å²) in [6.45, 7) is 10.3. The van der Waals surface area contributed by atoms with Crippen LogP contribution in [0.25, 0.3) is 0 Å². The molecule has 0 aliphatic rings. The average molecular weight is 504 g/mol. The van der Waals surface area contributed by atoms with E-state index >= 15 is 0 Å². The number of amides is 1. The summed E-state index contributed by atoms with van der Waals surface area (Å²) in [5, 5.41) is 2.51. The van der Waals surface area contributed by atoms with Gasteiger partial charge in [0.1, 0.15) is 23.5 Å². The van der Waals surface area contributed by atoms with E-state index in [1.807, 2.05) is 0 Å². The lowest BCUT2D eigenvalue weighted by atomic mass is 10.0. The average Bonchev–Trinajstić information content (AvgIpc) is 2.74. The number of alkyl carbamates (subject to hydrolysis) is 1. The summed E-state index contributed by atoms with van der Waals surface area (Å²) in [4.78, 5) is 23.6. The van der Waals surface area contributed by atoms with Crippen LogP contribution in [0.15, 0.2) is 39.6 Å². The number of hydrogen-bond donors (Lipinski definition) is 2. The van der Waals surface area contributed by atoms with Gasteiger partial charge in [0.25, 0.3) is 10.0 Å². The fourth-order valence-corrected chi connectivity index (χ4v) is 5.02. The third-order valence-electron chi connectivity index (χ3n) is 5.22. The first-order valence-electron chi connectivity index (χ1n) is 11.0. The Labute approximate surface area is 206 Å². The highest BCUT2D eigenvalue weighted by Crippen LogP contribution is 2.31. The van der Waals surface area contributed by atoms with E-state index < -0.39 is 27.8 Å². The Balaban J connectivity index is 2.32. The summed E-state index contributed by atoms with van der Waals surface area (Å²) in [5.74, 6) is 0.398. The molecule has 0 radical (unpaired) electrons. The summed E-state index contributed by atoms with van der Waals surface area (Å²) in [7, 11) is -2.59. The lowest BCUT2D eigenvalue weighted by Crippen LogP contribution is -2.41. The minimum Gasteiger partial charge on any atom is -0.496 e. The molecule has 0 saturated heterocycles. The molecule has 0 aliphatic carbocycles. The van der Waals surface area contributed by atoms with Crippen molar-refractivity contribution in [2.45, 2.75) is 64.5 Å². The second-order valence-corrected chi connectivity index (χ2v) is 10.8. The van der Waals surface area contributed by atoms with Gasteiger partial charge in [-0.3, -0.25) is 0 Å². The van der Waals surface area contributed by atoms with Crippen molar-refractivity contribution in [2.75, 3.05) is 7.11 Å². The highest BCUT2D eigenvalue weighted by molar-refractivity contribution is 7.90. The molecule has 0 aromatic heterocycles. The second kappa shape index (κ2) is 10.9. The molecule has 0 saturated carbocycles. The molecule has 10 heteroatoms. The molecular formula is C25H33N3O6S. The Morgan fingerprint density at radius 2 is 1.83 bits per heavy atom. The molecule has 0 aliphatic heterocycles. The van der Waals surface area contributed by atoms with Crippen molar-refractivity contribution >= 4 is 28.2 Å². The maximum atomic E-state index is 13.1. The van der Waals surface area contributed by atoms with Crippen LogP contribution >= 0.6 is 0 Å². The summed E-state index contributed by atoms with van der Waals surface area (Å²) < 4.78 is 40.6. The van der Waals surface area contributed by atoms with Gasteiger partial charge in [0.15, 0.2) is 0 Å². The SMILES string of the molecule is COc1cc(C)c(S(=O)(=O)N=C(N)c2cccc(CC(C=O)NC(=O)OC(C)(C)C)c2)c(C)c1C. The number of nitrogens with zero attached hydrogens (tertiary/aromatic N) is 1. The molecular weight excluding hydrogens is 470 g/mol. The molecule has 2 aromatic rings. The number of benzene rings is 2. The van der Waals surface area contributed by atoms with Gasteiger partial charge in [-0.15, -0.1) is 4.40 Å². The van der Waals surface area contributed by atoms with Gasteiger partial charge in [0.05, 0.1) is 18.0 Å². The van der Waals surface area contributed by atoms with Gasteiger partial charge in [-0.05, 0) is 82.3 Å². The topological polar surface area (TPSA) is 137 Å². The number of amidine groups is 1. The number of aldehydes is 1. The second-order valence-electron chi connectivity index (χ2n) is 9.22. The monoisotopic (exact) mass is 503 g/mol. The normalized spacial score (nSPS) is 13.2. The summed E-state index contributed by atoms with van der Waals surface area (Å²) in [6, 6.07) is 7.46. The van der Waals surface area contributed by atoms with Crippen LogP contribution in [0.3, 0.4) is 0 Å². The molecule has 0 spiro atoms. The summed E-state index contributed by atoms with van der Waals surface area (Å²) in [5.41, 5.74) is 8.13. The molecule has 0 bridgehead atoms. The van der Waals surface area contributed by atoms with Crippen LogP contribution in [-0.2, 0) is 26.0 Å². The van der Waals surface area contributed by atoms with Crippen LogP contribution in [0, 0.1) is 20.8 Å². The number of hydrogen-bond acceptors (Lipinski definition) is 6. The predicted octanol–water partition coefficient (Wildman–Crippen LogP) is 3.35. The maximum absolute atomic E-state index is 13.1. The predicted molar refractivity (Wildman–Crippen MR) is 134 cm³/mol. The van der Waals surface area contributed by atoms with Crippen LogP contribution in [0.5, 0.6) is 5.75 Å². The molecule has 9 nitrogen and oxygen atoms in total. The number of aryl methyl sites for hydroxylation is 1. The minimum absolute atomic E-state index is 0.0810. The molecule has 190 valence electrons. The van der Waals surface area contributed by atoms with Gasteiger partial charge < -0.3 is 25.3 Å². The molecule has 2 aromatic carbocycles. The first-order chi connectivity index (χ1) is 16.2. The first kappa shape index (κ1) is 27.8. The first-order valence-corrected chi connectivity index (χ1v) is 12.4. The molecule has 35 heavy (non-hydrogen) atoms. The fraction of sp³-hybridized carbons (Fsp3) is 0.400. The maximum Gasteiger partial charge on any atom is 0.408 e. The van der Waals surface area contributed by atoms with Crippen molar-refractivity contribution in [3.8, 4) is 5.75 Å². The van der Waals surface area contributed by atoms with Crippen LogP contribution < -0.4 is 15.8 Å². The van der Waals surface area contributed by atoms with Gasteiger partial charge >= 0.3 is 6.09 Å². The van der Waals surface area contributed by atoms with Crippen molar-refractivity contribution in [1.29, 1.82) is 0 Å². The smallest absolute Gasteiger partial charge is 0.408 e. The number of carbonyl (C=O) groups is 2. The largest absolute Gasteiger partial charge is 0.496 e. The van der Waals surface area contributed by atoms with Crippen molar-refractivity contribution < 1.29 is 27.5 Å². The zero-order valence-corrected chi connectivity index (χ0v) is 21.9. The molecule has 1 unspecified atom stereocenters. The number of methoxy groups -OCH3 is 1. The number of rotatable bonds is 8. The van der Waals surface area contributed by atoms with Gasteiger partial charge in [0.2, 0.25) is 0 Å². The zero-order valence-electron chi connectivity index (χ0n) is 21.1. The van der Waals surface area contributed by atoms with E-state index in [0.717, 1.165) is 0 Å². The Morgan fingerprint density at radius 3 is 2.40 bits per heavy atom. The Kier molecular flexibility index (Phi) is 8.67. The Bertz CT molecular complexity index is 1250. The molecule has 0 heterocycles. The number of carbonyl (C=O) groups excluding carboxylic acids is 2. The van der Waals surface area contributed by atoms with Crippen molar-refractivity contribution in [3.05, 3.63) is 58.1 Å². The fourth-order valence-electron chi connectivity index (χ4n) is 3.56. The molecule has 1 amide bonds. The van der Waals surface area contributed by atoms with Crippen LogP contribution in [0.1, 0.15) is 48.6 Å². The highest BCUT2D eigenvalue weighted by atomic mass is 32.2. The third kappa shape index (κ3) is 7.29. The van der Waals surface area contributed by atoms with E-state index in [0.29, 0.717) is 39.9 Å². The Morgan fingerprint density at radius 1 is 1.17 bits per heavy atom. The third-order valence-corrected chi connectivity index (χ3v) is 6.80. The van der Waals surface area contributed by atoms with E-state index in [1.54, 1.807) is 71.9 Å². The Hall–Kier alpha value is -3.40. The number of nitrogens with one attached hydrogen (secondary N) is 1. The highest BCUT2D eigenvalue weighted by Gasteiger charge is 2.23. The molecule has 0 fully saturated rings. The van der Waals surface area contributed by atoms with Gasteiger partial charge in [-0.25, -0.2) is 4.79 Å². The lowest BCUT2D eigenvalue weighted by molar-refractivity contribution is -0.109. The van der Waals surface area contributed by atoms with E-state index in [4.69, 9.17) is 15.2 Å². The van der Waals surface area contributed by atoms with E-state index in [2.05, 4.69) is 9.71 Å². The van der Waals surface area contributed by atoms with E-state index in [-0.39, 0.29) is 17.2 Å². The van der Waals surface area contributed by atoms with Gasteiger partial charge in [-0.2, -0.15) is 8.42 Å². The van der Waals surface area contributed by atoms with Crippen LogP contribution in [0.4, 0.5) is 4.79 Å². The van der Waals surface area contributed by atoms with Crippen LogP contribution in [0.2, 0.25) is 0 Å². The van der Waals surface area contributed by atoms with Crippen molar-refractivity contribution in [3.63, 3.8) is 0 Å². The molecule has 3 N–H and O–H groups in total. The standard InChI is InChI=1S/C25H33N3O6S/c1-15-11-21(33-7)16(2)17(3)22(15)35(31,32)28-23(26)19-10-8-9-18(12-19)13-20(14-29)27-24(30)34-25(4,5)6/h8-12,14,20H,13H2,1-7H3,(H2,26,28)(H,27,30). The van der Waals surface area contributed by atoms with E-state index in [1.165, 1.54) is 7.11 Å². The number of sulfonamides is 1. The minimum atomic E-state index is -4.11. The van der Waals surface area contributed by atoms with Crippen molar-refractivity contribution in [2.24, 2.45) is 10.1 Å². The lowest BCUT2D eigenvalue weighted by Gasteiger charge is -2.21. The molecule has 2 rings (SSSR count). The number of nitrogens with two attached hydrogens (primary N) is 1. The summed E-state index contributed by atoms with van der Waals surface area (Å²) in [6.07, 6.45) is 0.0567.